The van der Waals surface area contributed by atoms with Gasteiger partial charge in [0.25, 0.3) is 0 Å². The number of likely N-dealkylation sites (tertiary alicyclic amines) is 1. The fourth-order valence-corrected chi connectivity index (χ4v) is 4.37. The number of ether oxygens (including phenoxy) is 1. The Kier molecular flexibility index (Phi) is 7.91. The number of carbonyl (C=O) groups is 1. The minimum Gasteiger partial charge on any atom is -0.466 e. The molecular formula is C28H34N4O2. The molecule has 0 saturated carbocycles. The van der Waals surface area contributed by atoms with E-state index in [0.29, 0.717) is 12.6 Å². The van der Waals surface area contributed by atoms with E-state index < -0.39 is 0 Å². The van der Waals surface area contributed by atoms with Crippen molar-refractivity contribution in [2.24, 2.45) is 5.92 Å². The van der Waals surface area contributed by atoms with Gasteiger partial charge in [-0.2, -0.15) is 0 Å². The number of piperidine rings is 1. The standard InChI is InChI=1S/C28H34N4O2/c1-4-34-27(33)23-11-14-32(15-12-23)16-13-24-17-26(10-7-21(24)3)31-28-29-18-25(19-30-28)22-8-5-20(2)6-9-22/h5-10,17-19,23H,4,11-16H2,1-3H3,(H,29,30,31). The Morgan fingerprint density at radius 1 is 1.03 bits per heavy atom. The average Bonchev–Trinajstić information content (AvgIpc) is 2.86. The average molecular weight is 459 g/mol. The highest BCUT2D eigenvalue weighted by Gasteiger charge is 2.25. The molecule has 1 saturated heterocycles. The largest absolute Gasteiger partial charge is 0.466 e. The lowest BCUT2D eigenvalue weighted by Crippen LogP contribution is -2.38. The molecule has 3 aromatic rings. The number of hydrogen-bond acceptors (Lipinski definition) is 6. The first-order valence-electron chi connectivity index (χ1n) is 12.2. The molecule has 34 heavy (non-hydrogen) atoms. The number of aryl methyl sites for hydroxylation is 2. The second-order valence-electron chi connectivity index (χ2n) is 9.05. The van der Waals surface area contributed by atoms with Crippen molar-refractivity contribution in [3.63, 3.8) is 0 Å². The van der Waals surface area contributed by atoms with Gasteiger partial charge in [0.05, 0.1) is 12.5 Å². The van der Waals surface area contributed by atoms with Crippen LogP contribution in [0.5, 0.6) is 0 Å². The summed E-state index contributed by atoms with van der Waals surface area (Å²) in [4.78, 5) is 23.4. The lowest BCUT2D eigenvalue weighted by atomic mass is 9.96. The molecule has 0 atom stereocenters. The van der Waals surface area contributed by atoms with E-state index in [9.17, 15) is 4.79 Å². The summed E-state index contributed by atoms with van der Waals surface area (Å²) in [6.07, 6.45) is 6.45. The van der Waals surface area contributed by atoms with Crippen molar-refractivity contribution in [1.29, 1.82) is 0 Å². The van der Waals surface area contributed by atoms with Gasteiger partial charge in [-0.05, 0) is 81.9 Å². The summed E-state index contributed by atoms with van der Waals surface area (Å²) in [5, 5.41) is 3.34. The lowest BCUT2D eigenvalue weighted by molar-refractivity contribution is -0.149. The Labute approximate surface area is 202 Å². The SMILES string of the molecule is CCOC(=O)C1CCN(CCc2cc(Nc3ncc(-c4ccc(C)cc4)cn3)ccc2C)CC1. The third-order valence-corrected chi connectivity index (χ3v) is 6.55. The third-order valence-electron chi connectivity index (χ3n) is 6.55. The lowest BCUT2D eigenvalue weighted by Gasteiger charge is -2.30. The van der Waals surface area contributed by atoms with E-state index in [0.717, 1.165) is 55.7 Å². The molecule has 1 aliphatic rings. The topological polar surface area (TPSA) is 67.3 Å². The van der Waals surface area contributed by atoms with Gasteiger partial charge in [-0.3, -0.25) is 4.79 Å². The molecule has 1 aromatic heterocycles. The Morgan fingerprint density at radius 3 is 2.41 bits per heavy atom. The number of anilines is 2. The molecule has 2 heterocycles. The van der Waals surface area contributed by atoms with Crippen LogP contribution in [0.4, 0.5) is 11.6 Å². The number of nitrogens with one attached hydrogen (secondary N) is 1. The first-order chi connectivity index (χ1) is 16.5. The van der Waals surface area contributed by atoms with Crippen LogP contribution in [-0.2, 0) is 16.0 Å². The van der Waals surface area contributed by atoms with Gasteiger partial charge in [0, 0.05) is 30.2 Å². The van der Waals surface area contributed by atoms with Crippen LogP contribution in [0, 0.1) is 19.8 Å². The van der Waals surface area contributed by atoms with Crippen LogP contribution >= 0.6 is 0 Å². The van der Waals surface area contributed by atoms with Gasteiger partial charge in [0.15, 0.2) is 0 Å². The fourth-order valence-electron chi connectivity index (χ4n) is 4.37. The Morgan fingerprint density at radius 2 is 1.74 bits per heavy atom. The van der Waals surface area contributed by atoms with Crippen molar-refractivity contribution in [2.45, 2.75) is 40.0 Å². The molecule has 0 unspecified atom stereocenters. The maximum Gasteiger partial charge on any atom is 0.309 e. The van der Waals surface area contributed by atoms with Crippen molar-refractivity contribution in [1.82, 2.24) is 14.9 Å². The zero-order chi connectivity index (χ0) is 23.9. The Balaban J connectivity index is 1.32. The van der Waals surface area contributed by atoms with Gasteiger partial charge in [-0.1, -0.05) is 35.9 Å². The highest BCUT2D eigenvalue weighted by Crippen LogP contribution is 2.23. The quantitative estimate of drug-likeness (QED) is 0.461. The van der Waals surface area contributed by atoms with Crippen LogP contribution in [0.25, 0.3) is 11.1 Å². The van der Waals surface area contributed by atoms with Crippen LogP contribution < -0.4 is 5.32 Å². The summed E-state index contributed by atoms with van der Waals surface area (Å²) >= 11 is 0. The van der Waals surface area contributed by atoms with E-state index in [2.05, 4.69) is 76.5 Å². The van der Waals surface area contributed by atoms with Crippen molar-refractivity contribution in [3.8, 4) is 11.1 Å². The van der Waals surface area contributed by atoms with Gasteiger partial charge in [0.1, 0.15) is 0 Å². The fraction of sp³-hybridized carbons (Fsp3) is 0.393. The summed E-state index contributed by atoms with van der Waals surface area (Å²) in [6.45, 7) is 9.44. The van der Waals surface area contributed by atoms with Crippen molar-refractivity contribution < 1.29 is 9.53 Å². The summed E-state index contributed by atoms with van der Waals surface area (Å²) in [5.41, 5.74) is 6.93. The van der Waals surface area contributed by atoms with Crippen molar-refractivity contribution >= 4 is 17.6 Å². The smallest absolute Gasteiger partial charge is 0.309 e. The van der Waals surface area contributed by atoms with Crippen LogP contribution in [0.2, 0.25) is 0 Å². The second-order valence-corrected chi connectivity index (χ2v) is 9.05. The summed E-state index contributed by atoms with van der Waals surface area (Å²) < 4.78 is 5.18. The predicted octanol–water partition coefficient (Wildman–Crippen LogP) is 5.32. The predicted molar refractivity (Wildman–Crippen MR) is 136 cm³/mol. The number of hydrogen-bond donors (Lipinski definition) is 1. The normalized spacial score (nSPS) is 14.7. The number of rotatable bonds is 8. The molecule has 1 aliphatic heterocycles. The van der Waals surface area contributed by atoms with Gasteiger partial charge in [-0.25, -0.2) is 9.97 Å². The van der Waals surface area contributed by atoms with E-state index in [1.165, 1.54) is 16.7 Å². The second kappa shape index (κ2) is 11.3. The van der Waals surface area contributed by atoms with Gasteiger partial charge in [-0.15, -0.1) is 0 Å². The summed E-state index contributed by atoms with van der Waals surface area (Å²) in [5.74, 6) is 0.612. The van der Waals surface area contributed by atoms with E-state index in [-0.39, 0.29) is 11.9 Å². The molecule has 0 spiro atoms. The van der Waals surface area contributed by atoms with E-state index in [4.69, 9.17) is 4.74 Å². The molecule has 1 fully saturated rings. The van der Waals surface area contributed by atoms with Gasteiger partial charge in [0.2, 0.25) is 5.95 Å². The molecule has 6 heteroatoms. The molecule has 1 N–H and O–H groups in total. The summed E-state index contributed by atoms with van der Waals surface area (Å²) in [6, 6.07) is 14.8. The van der Waals surface area contributed by atoms with Crippen molar-refractivity contribution in [2.75, 3.05) is 31.6 Å². The Hall–Kier alpha value is -3.25. The van der Waals surface area contributed by atoms with Crippen LogP contribution in [0.1, 0.15) is 36.5 Å². The number of aromatic nitrogens is 2. The third kappa shape index (κ3) is 6.20. The molecule has 0 aliphatic carbocycles. The molecule has 0 amide bonds. The number of esters is 1. The molecule has 178 valence electrons. The maximum atomic E-state index is 12.0. The molecule has 0 radical (unpaired) electrons. The summed E-state index contributed by atoms with van der Waals surface area (Å²) in [7, 11) is 0. The minimum absolute atomic E-state index is 0.0362. The first-order valence-corrected chi connectivity index (χ1v) is 12.2. The molecule has 6 nitrogen and oxygen atoms in total. The number of carbonyl (C=O) groups excluding carboxylic acids is 1. The molecule has 2 aromatic carbocycles. The highest BCUT2D eigenvalue weighted by atomic mass is 16.5. The van der Waals surface area contributed by atoms with Crippen molar-refractivity contribution in [3.05, 3.63) is 71.5 Å². The van der Waals surface area contributed by atoms with Crippen LogP contribution in [0.15, 0.2) is 54.9 Å². The zero-order valence-corrected chi connectivity index (χ0v) is 20.4. The minimum atomic E-state index is -0.0362. The number of benzene rings is 2. The molecule has 4 rings (SSSR count). The van der Waals surface area contributed by atoms with E-state index in [1.807, 2.05) is 19.3 Å². The highest BCUT2D eigenvalue weighted by molar-refractivity contribution is 5.72. The van der Waals surface area contributed by atoms with Crippen LogP contribution in [0.3, 0.4) is 0 Å². The zero-order valence-electron chi connectivity index (χ0n) is 20.4. The molecule has 0 bridgehead atoms. The van der Waals surface area contributed by atoms with Gasteiger partial charge >= 0.3 is 5.97 Å². The number of nitrogens with zero attached hydrogens (tertiary/aromatic N) is 3. The Bertz CT molecular complexity index is 1090. The van der Waals surface area contributed by atoms with Crippen LogP contribution in [-0.4, -0.2) is 47.1 Å². The van der Waals surface area contributed by atoms with E-state index in [1.54, 1.807) is 0 Å². The van der Waals surface area contributed by atoms with E-state index >= 15 is 0 Å². The molecular weight excluding hydrogens is 424 g/mol. The maximum absolute atomic E-state index is 12.0. The van der Waals surface area contributed by atoms with Gasteiger partial charge < -0.3 is 15.0 Å². The monoisotopic (exact) mass is 458 g/mol. The first kappa shape index (κ1) is 23.9.